The summed E-state index contributed by atoms with van der Waals surface area (Å²) < 4.78 is 39.6. The molecule has 242 valence electrons. The molecule has 10 nitrogen and oxygen atoms in total. The number of halogens is 2. The van der Waals surface area contributed by atoms with Crippen molar-refractivity contribution < 1.29 is 23.1 Å². The normalized spacial score (nSPS) is 20.5. The molecule has 1 aliphatic heterocycles. The summed E-state index contributed by atoms with van der Waals surface area (Å²) in [6.07, 6.45) is 3.66. The predicted molar refractivity (Wildman–Crippen MR) is 172 cm³/mol. The zero-order chi connectivity index (χ0) is 32.7. The number of fused-ring (bicyclic) bond motifs is 4. The second-order valence-electron chi connectivity index (χ2n) is 13.2. The Bertz CT molecular complexity index is 2090. The van der Waals surface area contributed by atoms with Gasteiger partial charge in [0.05, 0.1) is 30.4 Å². The first-order valence-corrected chi connectivity index (χ1v) is 16.0. The third-order valence-corrected chi connectivity index (χ3v) is 10.2. The van der Waals surface area contributed by atoms with E-state index in [1.165, 1.54) is 12.1 Å². The van der Waals surface area contributed by atoms with Gasteiger partial charge in [0, 0.05) is 54.3 Å². The Labute approximate surface area is 269 Å². The molecule has 12 heteroatoms. The van der Waals surface area contributed by atoms with E-state index in [-0.39, 0.29) is 29.1 Å². The van der Waals surface area contributed by atoms with Gasteiger partial charge in [0.2, 0.25) is 5.91 Å². The molecule has 3 aliphatic rings. The lowest BCUT2D eigenvalue weighted by Gasteiger charge is -2.27. The zero-order valence-electron chi connectivity index (χ0n) is 26.2. The lowest BCUT2D eigenvalue weighted by Crippen LogP contribution is -2.41. The summed E-state index contributed by atoms with van der Waals surface area (Å²) >= 11 is 0. The molecule has 0 radical (unpaired) electrons. The van der Waals surface area contributed by atoms with E-state index >= 15 is 0 Å². The number of nitrogens with zero attached hydrogens (tertiary/aromatic N) is 5. The van der Waals surface area contributed by atoms with Crippen molar-refractivity contribution in [2.45, 2.75) is 50.7 Å². The fraction of sp³-hybridized carbons (Fsp3) is 0.371. The second kappa shape index (κ2) is 10.9. The number of pyridine rings is 1. The summed E-state index contributed by atoms with van der Waals surface area (Å²) in [6, 6.07) is 11.7. The highest BCUT2D eigenvalue weighted by atomic mass is 19.1. The van der Waals surface area contributed by atoms with Gasteiger partial charge in [-0.3, -0.25) is 9.59 Å². The summed E-state index contributed by atoms with van der Waals surface area (Å²) in [6.45, 7) is 1.38. The molecule has 3 unspecified atom stereocenters. The van der Waals surface area contributed by atoms with Crippen LogP contribution in [0.25, 0.3) is 44.8 Å². The molecule has 2 saturated carbocycles. The number of hydrogen-bond acceptors (Lipinski definition) is 6. The summed E-state index contributed by atoms with van der Waals surface area (Å²) in [5.74, 6) is -0.511. The molecule has 0 spiro atoms. The Morgan fingerprint density at radius 1 is 1.02 bits per heavy atom. The number of imidazole rings is 1. The van der Waals surface area contributed by atoms with E-state index in [0.717, 1.165) is 42.3 Å². The number of aromatic nitrogens is 4. The molecular weight excluding hydrogens is 604 g/mol. The summed E-state index contributed by atoms with van der Waals surface area (Å²) in [5, 5.41) is 0.853. The van der Waals surface area contributed by atoms with Crippen LogP contribution in [-0.4, -0.2) is 61.6 Å². The fourth-order valence-corrected chi connectivity index (χ4v) is 7.58. The maximum atomic E-state index is 14.9. The summed E-state index contributed by atoms with van der Waals surface area (Å²) in [7, 11) is 3.51. The number of amides is 2. The minimum Gasteiger partial charge on any atom is -0.494 e. The Balaban J connectivity index is 1.22. The van der Waals surface area contributed by atoms with E-state index in [2.05, 4.69) is 4.57 Å². The number of carbonyl (C=O) groups is 2. The predicted octanol–water partition coefficient (Wildman–Crippen LogP) is 4.54. The first kappa shape index (κ1) is 29.6. The van der Waals surface area contributed by atoms with Crippen LogP contribution in [0.15, 0.2) is 42.5 Å². The topological polar surface area (TPSA) is 134 Å². The molecule has 4 heterocycles. The highest BCUT2D eigenvalue weighted by Crippen LogP contribution is 2.40. The first-order valence-electron chi connectivity index (χ1n) is 16.0. The number of piperidine rings is 1. The van der Waals surface area contributed by atoms with E-state index in [0.29, 0.717) is 58.9 Å². The van der Waals surface area contributed by atoms with Gasteiger partial charge in [0.25, 0.3) is 5.91 Å². The van der Waals surface area contributed by atoms with Crippen molar-refractivity contribution in [1.82, 2.24) is 24.0 Å². The minimum absolute atomic E-state index is 0.0211. The van der Waals surface area contributed by atoms with Crippen LogP contribution in [0.5, 0.6) is 5.75 Å². The molecule has 2 aliphatic carbocycles. The molecule has 1 saturated heterocycles. The molecule has 2 amide bonds. The molecule has 3 atom stereocenters. The number of benzene rings is 2. The van der Waals surface area contributed by atoms with Gasteiger partial charge in [-0.1, -0.05) is 0 Å². The lowest BCUT2D eigenvalue weighted by atomic mass is 10.0. The molecule has 8 rings (SSSR count). The number of aryl methyl sites for hydroxylation is 1. The molecule has 2 aromatic carbocycles. The number of likely N-dealkylation sites (tertiary alicyclic amines) is 1. The number of hydrogen-bond donors (Lipinski definition) is 2. The van der Waals surface area contributed by atoms with Gasteiger partial charge in [0.1, 0.15) is 28.5 Å². The van der Waals surface area contributed by atoms with Crippen LogP contribution < -0.4 is 16.2 Å². The van der Waals surface area contributed by atoms with Gasteiger partial charge in [-0.05, 0) is 80.0 Å². The minimum atomic E-state index is -0.846. The van der Waals surface area contributed by atoms with Gasteiger partial charge < -0.3 is 30.2 Å². The van der Waals surface area contributed by atoms with Crippen molar-refractivity contribution >= 4 is 33.9 Å². The number of rotatable bonds is 8. The van der Waals surface area contributed by atoms with Crippen LogP contribution in [0.4, 0.5) is 8.78 Å². The zero-order valence-corrected chi connectivity index (χ0v) is 26.2. The molecule has 5 aromatic rings. The molecule has 2 bridgehead atoms. The van der Waals surface area contributed by atoms with E-state index < -0.39 is 24.0 Å². The monoisotopic (exact) mass is 639 g/mol. The first-order chi connectivity index (χ1) is 22.6. The maximum Gasteiger partial charge on any atom is 0.254 e. The lowest BCUT2D eigenvalue weighted by molar-refractivity contribution is -0.117. The average molecular weight is 640 g/mol. The van der Waals surface area contributed by atoms with Crippen LogP contribution >= 0.6 is 0 Å². The van der Waals surface area contributed by atoms with Gasteiger partial charge in [-0.2, -0.15) is 0 Å². The van der Waals surface area contributed by atoms with E-state index in [1.807, 2.05) is 34.7 Å². The third kappa shape index (κ3) is 4.84. The van der Waals surface area contributed by atoms with E-state index in [4.69, 9.17) is 26.2 Å². The third-order valence-electron chi connectivity index (χ3n) is 10.2. The van der Waals surface area contributed by atoms with Crippen molar-refractivity contribution in [3.05, 3.63) is 65.2 Å². The summed E-state index contributed by atoms with van der Waals surface area (Å²) in [4.78, 5) is 36.9. The summed E-state index contributed by atoms with van der Waals surface area (Å²) in [5.41, 5.74) is 15.3. The Hall–Kier alpha value is -4.84. The van der Waals surface area contributed by atoms with Gasteiger partial charge in [0.15, 0.2) is 5.82 Å². The molecule has 47 heavy (non-hydrogen) atoms. The fourth-order valence-electron chi connectivity index (χ4n) is 7.58. The Morgan fingerprint density at radius 2 is 1.79 bits per heavy atom. The quantitative estimate of drug-likeness (QED) is 0.256. The number of nitrogens with two attached hydrogens (primary N) is 2. The van der Waals surface area contributed by atoms with Crippen LogP contribution in [0.3, 0.4) is 0 Å². The second-order valence-corrected chi connectivity index (χ2v) is 13.2. The van der Waals surface area contributed by atoms with Crippen LogP contribution in [0, 0.1) is 23.5 Å². The molecule has 4 N–H and O–H groups in total. The van der Waals surface area contributed by atoms with E-state index in [1.54, 1.807) is 19.2 Å². The Kier molecular flexibility index (Phi) is 6.83. The van der Waals surface area contributed by atoms with Gasteiger partial charge >= 0.3 is 0 Å². The highest BCUT2D eigenvalue weighted by molar-refractivity contribution is 6.00. The Morgan fingerprint density at radius 3 is 2.43 bits per heavy atom. The maximum absolute atomic E-state index is 14.9. The van der Waals surface area contributed by atoms with Crippen molar-refractivity contribution in [2.75, 3.05) is 13.7 Å². The van der Waals surface area contributed by atoms with Crippen molar-refractivity contribution in [1.29, 1.82) is 0 Å². The van der Waals surface area contributed by atoms with Crippen molar-refractivity contribution in [2.24, 2.45) is 30.4 Å². The van der Waals surface area contributed by atoms with Crippen molar-refractivity contribution in [3.63, 3.8) is 0 Å². The van der Waals surface area contributed by atoms with Crippen molar-refractivity contribution in [3.8, 4) is 28.5 Å². The smallest absolute Gasteiger partial charge is 0.254 e. The van der Waals surface area contributed by atoms with E-state index in [9.17, 15) is 18.4 Å². The highest BCUT2D eigenvalue weighted by Gasteiger charge is 2.47. The van der Waals surface area contributed by atoms with Crippen LogP contribution in [0.1, 0.15) is 41.6 Å². The van der Waals surface area contributed by atoms with Gasteiger partial charge in [-0.25, -0.2) is 18.7 Å². The van der Waals surface area contributed by atoms with Gasteiger partial charge in [-0.15, -0.1) is 0 Å². The standard InChI is InChI=1S/C35H35F2N7O3/c1-42-32-26(11-21(13-29(32)47-2)35(46)44-16-19-6-8-27(44)31(19)39)41-34(42)28-12-18-5-7-25(40-33(18)43(28)15-17-3-4-17)20-9-23(36)22(14-30(38)45)24(37)10-20/h5,7,9-13,17,19,27,31H,3-4,6,8,14-16,39H2,1-2H3,(H2,38,45). The average Bonchev–Trinajstić information content (AvgIpc) is 3.45. The molecule has 3 aromatic heterocycles. The number of ether oxygens (including phenoxy) is 1. The number of methoxy groups -OCH3 is 1. The van der Waals surface area contributed by atoms with Crippen LogP contribution in [0.2, 0.25) is 0 Å². The SMILES string of the molecule is COc1cc(C(=O)N2CC3CCC2C3N)cc2nc(-c3cc4ccc(-c5cc(F)c(CC(N)=O)c(F)c5)nc4n3CC3CC3)n(C)c12. The molecular formula is C35H35F2N7O3. The number of primary amides is 1. The van der Waals surface area contributed by atoms with Crippen LogP contribution in [-0.2, 0) is 24.8 Å². The number of carbonyl (C=O) groups excluding carboxylic acids is 2. The largest absolute Gasteiger partial charge is 0.494 e. The molecule has 3 fully saturated rings.